The fourth-order valence-corrected chi connectivity index (χ4v) is 3.29. The van der Waals surface area contributed by atoms with E-state index < -0.39 is 0 Å². The Morgan fingerprint density at radius 3 is 2.62 bits per heavy atom. The highest BCUT2D eigenvalue weighted by molar-refractivity contribution is 5.89. The van der Waals surface area contributed by atoms with Crippen LogP contribution in [0.5, 0.6) is 5.75 Å². The van der Waals surface area contributed by atoms with Crippen molar-refractivity contribution in [2.45, 2.75) is 12.5 Å². The SMILES string of the molecule is Oc1c([C@@H]2NCCc3ccccc32)ccc2ccccc12. The van der Waals surface area contributed by atoms with Crippen LogP contribution in [0.2, 0.25) is 0 Å². The Hall–Kier alpha value is -2.32. The first-order valence-electron chi connectivity index (χ1n) is 7.36. The Labute approximate surface area is 124 Å². The predicted molar refractivity (Wildman–Crippen MR) is 85.6 cm³/mol. The fourth-order valence-electron chi connectivity index (χ4n) is 3.29. The van der Waals surface area contributed by atoms with E-state index in [-0.39, 0.29) is 6.04 Å². The highest BCUT2D eigenvalue weighted by Gasteiger charge is 2.23. The van der Waals surface area contributed by atoms with Crippen molar-refractivity contribution in [1.29, 1.82) is 0 Å². The van der Waals surface area contributed by atoms with E-state index in [2.05, 4.69) is 35.6 Å². The van der Waals surface area contributed by atoms with E-state index in [1.807, 2.05) is 30.3 Å². The second kappa shape index (κ2) is 4.90. The molecule has 3 aromatic rings. The lowest BCUT2D eigenvalue weighted by molar-refractivity contribution is 0.460. The topological polar surface area (TPSA) is 32.3 Å². The molecular formula is C19H17NO. The Bertz CT molecular complexity index is 810. The minimum atomic E-state index is 0.0690. The molecule has 4 rings (SSSR count). The minimum absolute atomic E-state index is 0.0690. The summed E-state index contributed by atoms with van der Waals surface area (Å²) >= 11 is 0. The van der Waals surface area contributed by atoms with Crippen molar-refractivity contribution in [2.24, 2.45) is 0 Å². The van der Waals surface area contributed by atoms with E-state index in [1.54, 1.807) is 0 Å². The number of aromatic hydroxyl groups is 1. The van der Waals surface area contributed by atoms with Crippen LogP contribution < -0.4 is 5.32 Å². The third-order valence-electron chi connectivity index (χ3n) is 4.35. The molecule has 0 bridgehead atoms. The van der Waals surface area contributed by atoms with Crippen LogP contribution in [0.15, 0.2) is 60.7 Å². The number of hydrogen-bond donors (Lipinski definition) is 2. The summed E-state index contributed by atoms with van der Waals surface area (Å²) in [5.41, 5.74) is 3.60. The number of hydrogen-bond acceptors (Lipinski definition) is 2. The molecule has 0 amide bonds. The third-order valence-corrected chi connectivity index (χ3v) is 4.35. The average Bonchev–Trinajstić information content (AvgIpc) is 2.55. The summed E-state index contributed by atoms with van der Waals surface area (Å²) in [4.78, 5) is 0. The van der Waals surface area contributed by atoms with Gasteiger partial charge in [-0.25, -0.2) is 0 Å². The van der Waals surface area contributed by atoms with Gasteiger partial charge in [-0.15, -0.1) is 0 Å². The molecule has 2 N–H and O–H groups in total. The third kappa shape index (κ3) is 1.99. The lowest BCUT2D eigenvalue weighted by atomic mass is 9.88. The van der Waals surface area contributed by atoms with Crippen molar-refractivity contribution in [3.05, 3.63) is 77.4 Å². The van der Waals surface area contributed by atoms with Gasteiger partial charge in [-0.05, 0) is 22.9 Å². The fraction of sp³-hybridized carbons (Fsp3) is 0.158. The summed E-state index contributed by atoms with van der Waals surface area (Å²) in [6.45, 7) is 0.938. The first-order valence-corrected chi connectivity index (χ1v) is 7.36. The van der Waals surface area contributed by atoms with Gasteiger partial charge in [-0.2, -0.15) is 0 Å². The summed E-state index contributed by atoms with van der Waals surface area (Å²) in [7, 11) is 0. The van der Waals surface area contributed by atoms with Gasteiger partial charge in [0.25, 0.3) is 0 Å². The Balaban J connectivity index is 1.90. The van der Waals surface area contributed by atoms with Crippen molar-refractivity contribution in [2.75, 3.05) is 6.54 Å². The highest BCUT2D eigenvalue weighted by Crippen LogP contribution is 2.37. The van der Waals surface area contributed by atoms with Crippen LogP contribution in [-0.4, -0.2) is 11.7 Å². The van der Waals surface area contributed by atoms with Crippen molar-refractivity contribution in [3.63, 3.8) is 0 Å². The van der Waals surface area contributed by atoms with Crippen LogP contribution >= 0.6 is 0 Å². The summed E-state index contributed by atoms with van der Waals surface area (Å²) in [5, 5.41) is 16.2. The number of benzene rings is 3. The number of phenolic OH excluding ortho intramolecular Hbond substituents is 1. The van der Waals surface area contributed by atoms with Gasteiger partial charge in [0.2, 0.25) is 0 Å². The minimum Gasteiger partial charge on any atom is -0.507 e. The molecule has 0 saturated heterocycles. The molecule has 0 aliphatic carbocycles. The molecule has 3 aromatic carbocycles. The quantitative estimate of drug-likeness (QED) is 0.708. The Kier molecular flexibility index (Phi) is 2.90. The van der Waals surface area contributed by atoms with Crippen LogP contribution in [-0.2, 0) is 6.42 Å². The van der Waals surface area contributed by atoms with Gasteiger partial charge < -0.3 is 10.4 Å². The van der Waals surface area contributed by atoms with E-state index >= 15 is 0 Å². The van der Waals surface area contributed by atoms with Crippen LogP contribution in [0.1, 0.15) is 22.7 Å². The maximum absolute atomic E-state index is 10.7. The molecular weight excluding hydrogens is 258 g/mol. The molecule has 2 heteroatoms. The lowest BCUT2D eigenvalue weighted by Crippen LogP contribution is -2.30. The Morgan fingerprint density at radius 1 is 0.857 bits per heavy atom. The van der Waals surface area contributed by atoms with Crippen molar-refractivity contribution >= 4 is 10.8 Å². The largest absolute Gasteiger partial charge is 0.507 e. The van der Waals surface area contributed by atoms with Crippen molar-refractivity contribution in [3.8, 4) is 5.75 Å². The van der Waals surface area contributed by atoms with Crippen LogP contribution in [0, 0.1) is 0 Å². The smallest absolute Gasteiger partial charge is 0.128 e. The predicted octanol–water partition coefficient (Wildman–Crippen LogP) is 3.78. The number of fused-ring (bicyclic) bond motifs is 2. The molecule has 1 atom stereocenters. The maximum atomic E-state index is 10.7. The molecule has 1 aliphatic rings. The average molecular weight is 275 g/mol. The summed E-state index contributed by atoms with van der Waals surface area (Å²) in [5.74, 6) is 0.391. The van der Waals surface area contributed by atoms with Crippen LogP contribution in [0.4, 0.5) is 0 Å². The number of rotatable bonds is 1. The summed E-state index contributed by atoms with van der Waals surface area (Å²) in [6, 6.07) is 20.6. The van der Waals surface area contributed by atoms with Gasteiger partial charge in [0, 0.05) is 17.5 Å². The van der Waals surface area contributed by atoms with Crippen LogP contribution in [0.25, 0.3) is 10.8 Å². The molecule has 0 aromatic heterocycles. The van der Waals surface area contributed by atoms with E-state index in [0.29, 0.717) is 5.75 Å². The Morgan fingerprint density at radius 2 is 1.67 bits per heavy atom. The van der Waals surface area contributed by atoms with Gasteiger partial charge in [0.15, 0.2) is 0 Å². The standard InChI is InChI=1S/C19H17NO/c21-19-16-8-4-2-5-13(16)9-10-17(19)18-15-7-3-1-6-14(15)11-12-20-18/h1-10,18,20-21H,11-12H2/t18-/m1/s1. The zero-order chi connectivity index (χ0) is 14.2. The lowest BCUT2D eigenvalue weighted by Gasteiger charge is -2.28. The van der Waals surface area contributed by atoms with Gasteiger partial charge >= 0.3 is 0 Å². The van der Waals surface area contributed by atoms with Crippen LogP contribution in [0.3, 0.4) is 0 Å². The first kappa shape index (κ1) is 12.4. The molecule has 1 heterocycles. The first-order chi connectivity index (χ1) is 10.3. The van der Waals surface area contributed by atoms with Gasteiger partial charge in [-0.3, -0.25) is 0 Å². The molecule has 0 unspecified atom stereocenters. The maximum Gasteiger partial charge on any atom is 0.128 e. The van der Waals surface area contributed by atoms with Gasteiger partial charge in [0.05, 0.1) is 6.04 Å². The van der Waals surface area contributed by atoms with E-state index in [9.17, 15) is 5.11 Å². The zero-order valence-corrected chi connectivity index (χ0v) is 11.7. The van der Waals surface area contributed by atoms with Gasteiger partial charge in [0.1, 0.15) is 5.75 Å². The number of phenols is 1. The zero-order valence-electron chi connectivity index (χ0n) is 11.7. The molecule has 0 spiro atoms. The second-order valence-electron chi connectivity index (χ2n) is 5.56. The molecule has 2 nitrogen and oxygen atoms in total. The van der Waals surface area contributed by atoms with E-state index in [1.165, 1.54) is 11.1 Å². The second-order valence-corrected chi connectivity index (χ2v) is 5.56. The number of nitrogens with one attached hydrogen (secondary N) is 1. The van der Waals surface area contributed by atoms with Crippen molar-refractivity contribution < 1.29 is 5.11 Å². The van der Waals surface area contributed by atoms with E-state index in [0.717, 1.165) is 29.3 Å². The summed E-state index contributed by atoms with van der Waals surface area (Å²) < 4.78 is 0. The molecule has 0 saturated carbocycles. The molecule has 0 radical (unpaired) electrons. The molecule has 1 aliphatic heterocycles. The van der Waals surface area contributed by atoms with Crippen molar-refractivity contribution in [1.82, 2.24) is 5.32 Å². The summed E-state index contributed by atoms with van der Waals surface area (Å²) in [6.07, 6.45) is 1.04. The normalized spacial score (nSPS) is 17.6. The highest BCUT2D eigenvalue weighted by atomic mass is 16.3. The van der Waals surface area contributed by atoms with E-state index in [4.69, 9.17) is 0 Å². The van der Waals surface area contributed by atoms with Gasteiger partial charge in [-0.1, -0.05) is 60.7 Å². The molecule has 0 fully saturated rings. The molecule has 21 heavy (non-hydrogen) atoms. The monoisotopic (exact) mass is 275 g/mol. The molecule has 104 valence electrons.